The topological polar surface area (TPSA) is 45.0 Å². The fraction of sp³-hybridized carbons (Fsp3) is 0.364. The maximum Gasteiger partial charge on any atom is 0.0497 e. The third-order valence-electron chi connectivity index (χ3n) is 4.90. The molecule has 2 aromatic carbocycles. The molecule has 1 aromatic heterocycles. The Morgan fingerprint density at radius 1 is 1.00 bits per heavy atom. The van der Waals surface area contributed by atoms with E-state index in [4.69, 9.17) is 5.73 Å². The van der Waals surface area contributed by atoms with Gasteiger partial charge in [-0.3, -0.25) is 0 Å². The number of H-pyrrole nitrogens is 1. The summed E-state index contributed by atoms with van der Waals surface area (Å²) in [5, 5.41) is 1.38. The first kappa shape index (κ1) is 17.6. The molecule has 3 rings (SSSR count). The summed E-state index contributed by atoms with van der Waals surface area (Å²) in [5.41, 5.74) is 14.8. The molecule has 1 heterocycles. The van der Waals surface area contributed by atoms with E-state index in [9.17, 15) is 0 Å². The van der Waals surface area contributed by atoms with Crippen LogP contribution in [0.25, 0.3) is 22.2 Å². The Morgan fingerprint density at radius 2 is 1.72 bits per heavy atom. The number of hydrogen-bond donors (Lipinski definition) is 2. The minimum atomic E-state index is 0.757. The summed E-state index contributed by atoms with van der Waals surface area (Å²) in [5.74, 6) is 0. The first-order valence-corrected chi connectivity index (χ1v) is 9.11. The monoisotopic (exact) mass is 335 g/mol. The summed E-state index contributed by atoms with van der Waals surface area (Å²) < 4.78 is 0. The first-order valence-electron chi connectivity index (χ1n) is 9.11. The number of nitrogens with two attached hydrogens (primary N) is 1. The zero-order chi connectivity index (χ0) is 18.0. The van der Waals surface area contributed by atoms with Gasteiger partial charge < -0.3 is 15.6 Å². The fourth-order valence-corrected chi connectivity index (χ4v) is 3.67. The third-order valence-corrected chi connectivity index (χ3v) is 4.90. The number of anilines is 1. The minimum absolute atomic E-state index is 0.757. The van der Waals surface area contributed by atoms with Crippen molar-refractivity contribution in [2.45, 2.75) is 33.1 Å². The van der Waals surface area contributed by atoms with Crippen LogP contribution < -0.4 is 10.6 Å². The van der Waals surface area contributed by atoms with E-state index in [-0.39, 0.29) is 0 Å². The Labute approximate surface area is 150 Å². The molecular weight excluding hydrogens is 306 g/mol. The molecule has 0 radical (unpaired) electrons. The Bertz CT molecular complexity index is 857. The van der Waals surface area contributed by atoms with Crippen LogP contribution in [0.4, 0.5) is 5.69 Å². The number of fused-ring (bicyclic) bond motifs is 1. The maximum atomic E-state index is 5.71. The number of benzene rings is 2. The van der Waals surface area contributed by atoms with Crippen molar-refractivity contribution in [3.05, 3.63) is 53.1 Å². The van der Waals surface area contributed by atoms with Gasteiger partial charge in [0.1, 0.15) is 0 Å². The van der Waals surface area contributed by atoms with Crippen molar-refractivity contribution in [3.63, 3.8) is 0 Å². The average molecular weight is 335 g/mol. The van der Waals surface area contributed by atoms with Gasteiger partial charge in [0.25, 0.3) is 0 Å². The number of unbranched alkanes of at least 4 members (excludes halogenated alkanes) is 1. The van der Waals surface area contributed by atoms with Crippen molar-refractivity contribution in [1.82, 2.24) is 4.98 Å². The quantitative estimate of drug-likeness (QED) is 0.636. The van der Waals surface area contributed by atoms with Gasteiger partial charge in [-0.25, -0.2) is 0 Å². The predicted octanol–water partition coefficient (Wildman–Crippen LogP) is 4.80. The number of nitrogens with one attached hydrogen (secondary N) is 1. The average Bonchev–Trinajstić information content (AvgIpc) is 2.94. The maximum absolute atomic E-state index is 5.71. The van der Waals surface area contributed by atoms with Gasteiger partial charge in [0.15, 0.2) is 0 Å². The van der Waals surface area contributed by atoms with Gasteiger partial charge in [0.2, 0.25) is 0 Å². The molecule has 0 spiro atoms. The van der Waals surface area contributed by atoms with E-state index in [1.807, 2.05) is 0 Å². The zero-order valence-electron chi connectivity index (χ0n) is 15.8. The van der Waals surface area contributed by atoms with Crippen LogP contribution in [0.5, 0.6) is 0 Å². The molecule has 0 aliphatic rings. The Morgan fingerprint density at radius 3 is 2.36 bits per heavy atom. The van der Waals surface area contributed by atoms with Gasteiger partial charge >= 0.3 is 0 Å². The van der Waals surface area contributed by atoms with Crippen molar-refractivity contribution in [2.75, 3.05) is 25.5 Å². The molecule has 0 amide bonds. The van der Waals surface area contributed by atoms with E-state index >= 15 is 0 Å². The SMILES string of the molecule is Cc1cc(C)c2c(CCCCN)c(-c3ccc(N(C)C)cc3)[nH]c2c1. The van der Waals surface area contributed by atoms with Gasteiger partial charge in [0, 0.05) is 36.4 Å². The van der Waals surface area contributed by atoms with E-state index in [2.05, 4.69) is 74.2 Å². The number of nitrogens with zero attached hydrogens (tertiary/aromatic N) is 1. The summed E-state index contributed by atoms with van der Waals surface area (Å²) in [7, 11) is 4.14. The summed E-state index contributed by atoms with van der Waals surface area (Å²) in [6.45, 7) is 5.13. The van der Waals surface area contributed by atoms with Crippen LogP contribution in [0.15, 0.2) is 36.4 Å². The van der Waals surface area contributed by atoms with Crippen molar-refractivity contribution >= 4 is 16.6 Å². The second-order valence-electron chi connectivity index (χ2n) is 7.17. The largest absolute Gasteiger partial charge is 0.378 e. The van der Waals surface area contributed by atoms with E-state index in [0.29, 0.717) is 0 Å². The number of aryl methyl sites for hydroxylation is 3. The molecule has 0 saturated carbocycles. The molecule has 132 valence electrons. The highest BCUT2D eigenvalue weighted by Gasteiger charge is 2.15. The minimum Gasteiger partial charge on any atom is -0.378 e. The van der Waals surface area contributed by atoms with Crippen LogP contribution in [-0.4, -0.2) is 25.6 Å². The molecule has 0 bridgehead atoms. The van der Waals surface area contributed by atoms with Crippen molar-refractivity contribution in [1.29, 1.82) is 0 Å². The highest BCUT2D eigenvalue weighted by Crippen LogP contribution is 2.34. The molecule has 0 fully saturated rings. The molecule has 3 nitrogen and oxygen atoms in total. The third kappa shape index (κ3) is 3.57. The molecule has 0 aliphatic heterocycles. The van der Waals surface area contributed by atoms with Crippen LogP contribution >= 0.6 is 0 Å². The van der Waals surface area contributed by atoms with Gasteiger partial charge in [0.05, 0.1) is 0 Å². The van der Waals surface area contributed by atoms with Gasteiger partial charge in [-0.15, -0.1) is 0 Å². The molecule has 0 saturated heterocycles. The lowest BCUT2D eigenvalue weighted by molar-refractivity contribution is 0.748. The summed E-state index contributed by atoms with van der Waals surface area (Å²) >= 11 is 0. The normalized spacial score (nSPS) is 11.2. The molecule has 3 heteroatoms. The summed E-state index contributed by atoms with van der Waals surface area (Å²) in [6, 6.07) is 13.3. The lowest BCUT2D eigenvalue weighted by atomic mass is 9.97. The second kappa shape index (κ2) is 7.32. The molecule has 3 N–H and O–H groups in total. The van der Waals surface area contributed by atoms with E-state index in [1.165, 1.54) is 44.5 Å². The molecule has 0 unspecified atom stereocenters. The number of aromatic nitrogens is 1. The zero-order valence-corrected chi connectivity index (χ0v) is 15.8. The van der Waals surface area contributed by atoms with Crippen LogP contribution in [0, 0.1) is 13.8 Å². The molecule has 3 aromatic rings. The lowest BCUT2D eigenvalue weighted by Gasteiger charge is -2.13. The Balaban J connectivity index is 2.12. The Hall–Kier alpha value is -2.26. The van der Waals surface area contributed by atoms with Gasteiger partial charge in [-0.2, -0.15) is 0 Å². The molecule has 0 atom stereocenters. The van der Waals surface area contributed by atoms with E-state index in [1.54, 1.807) is 0 Å². The number of rotatable bonds is 6. The van der Waals surface area contributed by atoms with Crippen LogP contribution in [0.3, 0.4) is 0 Å². The van der Waals surface area contributed by atoms with Crippen LogP contribution in [-0.2, 0) is 6.42 Å². The van der Waals surface area contributed by atoms with Gasteiger partial charge in [-0.1, -0.05) is 18.2 Å². The predicted molar refractivity (Wildman–Crippen MR) is 110 cm³/mol. The smallest absolute Gasteiger partial charge is 0.0497 e. The second-order valence-corrected chi connectivity index (χ2v) is 7.17. The summed E-state index contributed by atoms with van der Waals surface area (Å²) in [6.07, 6.45) is 3.25. The molecule has 25 heavy (non-hydrogen) atoms. The van der Waals surface area contributed by atoms with Crippen molar-refractivity contribution < 1.29 is 0 Å². The van der Waals surface area contributed by atoms with E-state index in [0.717, 1.165) is 25.8 Å². The standard InChI is InChI=1S/C22H29N3/c1-15-13-16(2)21-19(7-5-6-12-23)22(24-20(21)14-15)17-8-10-18(11-9-17)25(3)4/h8-11,13-14,24H,5-7,12,23H2,1-4H3. The van der Waals surface area contributed by atoms with E-state index < -0.39 is 0 Å². The molecule has 0 aliphatic carbocycles. The highest BCUT2D eigenvalue weighted by molar-refractivity contribution is 5.93. The number of aromatic amines is 1. The lowest BCUT2D eigenvalue weighted by Crippen LogP contribution is -2.07. The molecular formula is C22H29N3. The van der Waals surface area contributed by atoms with Crippen molar-refractivity contribution in [2.24, 2.45) is 5.73 Å². The van der Waals surface area contributed by atoms with Crippen LogP contribution in [0.2, 0.25) is 0 Å². The van der Waals surface area contributed by atoms with Crippen LogP contribution in [0.1, 0.15) is 29.5 Å². The van der Waals surface area contributed by atoms with Gasteiger partial charge in [-0.05, 0) is 80.1 Å². The number of hydrogen-bond acceptors (Lipinski definition) is 2. The first-order chi connectivity index (χ1) is 12.0. The highest BCUT2D eigenvalue weighted by atomic mass is 15.1. The fourth-order valence-electron chi connectivity index (χ4n) is 3.67. The summed E-state index contributed by atoms with van der Waals surface area (Å²) in [4.78, 5) is 5.82. The Kier molecular flexibility index (Phi) is 5.14. The van der Waals surface area contributed by atoms with Crippen molar-refractivity contribution in [3.8, 4) is 11.3 Å².